The highest BCUT2D eigenvalue weighted by atomic mass is 127. The van der Waals surface area contributed by atoms with E-state index in [1.165, 1.54) is 12.1 Å². The van der Waals surface area contributed by atoms with Crippen molar-refractivity contribution in [3.8, 4) is 0 Å². The lowest BCUT2D eigenvalue weighted by atomic mass is 10.1. The van der Waals surface area contributed by atoms with Crippen LogP contribution in [0.4, 0.5) is 24.5 Å². The minimum absolute atomic E-state index is 0.147. The summed E-state index contributed by atoms with van der Waals surface area (Å²) in [6.07, 6.45) is 0.869. The summed E-state index contributed by atoms with van der Waals surface area (Å²) in [5, 5.41) is 14.7. The molecular formula is C23H27F3IN5O4. The molecule has 0 aliphatic carbocycles. The number of likely N-dealkylation sites (N-methyl/N-ethyl adjacent to an activating group) is 1. The van der Waals surface area contributed by atoms with Crippen LogP contribution in [0.25, 0.3) is 0 Å². The molecule has 13 heteroatoms. The fourth-order valence-corrected chi connectivity index (χ4v) is 3.83. The SMILES string of the molecule is CN1CCN(CCONC(=O)c2cc(/C=N/OCCO)c(F)c(F)c2Nc2ccc(I)cc2F)CC1. The number of nitrogens with zero attached hydrogens (tertiary/aromatic N) is 3. The Morgan fingerprint density at radius 3 is 2.61 bits per heavy atom. The van der Waals surface area contributed by atoms with E-state index in [0.717, 1.165) is 38.5 Å². The van der Waals surface area contributed by atoms with Crippen LogP contribution in [0.1, 0.15) is 15.9 Å². The molecule has 0 saturated carbocycles. The lowest BCUT2D eigenvalue weighted by Crippen LogP contribution is -2.45. The number of anilines is 2. The zero-order chi connectivity index (χ0) is 26.1. The molecule has 1 heterocycles. The van der Waals surface area contributed by atoms with E-state index in [9.17, 15) is 13.6 Å². The van der Waals surface area contributed by atoms with Gasteiger partial charge in [0.15, 0.2) is 11.6 Å². The van der Waals surface area contributed by atoms with Crippen molar-refractivity contribution in [2.45, 2.75) is 0 Å². The van der Waals surface area contributed by atoms with Gasteiger partial charge >= 0.3 is 0 Å². The van der Waals surface area contributed by atoms with E-state index in [0.29, 0.717) is 10.1 Å². The number of hydrogen-bond donors (Lipinski definition) is 3. The van der Waals surface area contributed by atoms with Gasteiger partial charge in [-0.1, -0.05) is 5.16 Å². The second-order valence-corrected chi connectivity index (χ2v) is 9.23. The molecule has 3 N–H and O–H groups in total. The lowest BCUT2D eigenvalue weighted by molar-refractivity contribution is 0.0177. The third-order valence-corrected chi connectivity index (χ3v) is 6.06. The number of aliphatic hydroxyl groups is 1. The Balaban J connectivity index is 1.79. The van der Waals surface area contributed by atoms with Gasteiger partial charge in [-0.05, 0) is 53.9 Å². The number of aliphatic hydroxyl groups excluding tert-OH is 1. The fraction of sp³-hybridized carbons (Fsp3) is 0.391. The molecule has 0 bridgehead atoms. The van der Waals surface area contributed by atoms with Crippen LogP contribution in [0.15, 0.2) is 29.4 Å². The first kappa shape index (κ1) is 28.1. The number of nitrogens with one attached hydrogen (secondary N) is 2. The molecule has 2 aromatic carbocycles. The Morgan fingerprint density at radius 2 is 1.92 bits per heavy atom. The van der Waals surface area contributed by atoms with Gasteiger partial charge in [-0.2, -0.15) is 0 Å². The third kappa shape index (κ3) is 7.77. The summed E-state index contributed by atoms with van der Waals surface area (Å²) in [4.78, 5) is 27.3. The molecule has 1 saturated heterocycles. The maximum Gasteiger partial charge on any atom is 0.277 e. The van der Waals surface area contributed by atoms with E-state index in [1.807, 2.05) is 29.6 Å². The zero-order valence-electron chi connectivity index (χ0n) is 19.6. The predicted molar refractivity (Wildman–Crippen MR) is 137 cm³/mol. The quantitative estimate of drug-likeness (QED) is 0.154. The van der Waals surface area contributed by atoms with Crippen LogP contribution < -0.4 is 10.8 Å². The van der Waals surface area contributed by atoms with Crippen molar-refractivity contribution in [1.29, 1.82) is 0 Å². The van der Waals surface area contributed by atoms with Crippen LogP contribution in [-0.4, -0.2) is 86.6 Å². The largest absolute Gasteiger partial charge is 0.393 e. The number of rotatable bonds is 11. The number of piperazine rings is 1. The normalized spacial score (nSPS) is 14.8. The highest BCUT2D eigenvalue weighted by molar-refractivity contribution is 14.1. The Morgan fingerprint density at radius 1 is 1.17 bits per heavy atom. The predicted octanol–water partition coefficient (Wildman–Crippen LogP) is 2.70. The Labute approximate surface area is 220 Å². The van der Waals surface area contributed by atoms with Crippen molar-refractivity contribution >= 4 is 46.1 Å². The summed E-state index contributed by atoms with van der Waals surface area (Å²) < 4.78 is 44.8. The van der Waals surface area contributed by atoms with Crippen molar-refractivity contribution in [2.75, 3.05) is 64.9 Å². The first-order chi connectivity index (χ1) is 17.3. The molecule has 1 amide bonds. The smallest absolute Gasteiger partial charge is 0.277 e. The molecule has 9 nitrogen and oxygen atoms in total. The van der Waals surface area contributed by atoms with E-state index in [1.54, 1.807) is 6.07 Å². The van der Waals surface area contributed by atoms with Gasteiger partial charge < -0.3 is 20.2 Å². The van der Waals surface area contributed by atoms with E-state index in [2.05, 4.69) is 25.8 Å². The highest BCUT2D eigenvalue weighted by Crippen LogP contribution is 2.30. The molecule has 0 atom stereocenters. The summed E-state index contributed by atoms with van der Waals surface area (Å²) in [5.74, 6) is -4.32. The molecule has 0 unspecified atom stereocenters. The van der Waals surface area contributed by atoms with Gasteiger partial charge in [-0.3, -0.25) is 14.5 Å². The summed E-state index contributed by atoms with van der Waals surface area (Å²) in [6, 6.07) is 5.16. The number of carbonyl (C=O) groups excluding carboxylic acids is 1. The van der Waals surface area contributed by atoms with Crippen LogP contribution in [0.5, 0.6) is 0 Å². The molecule has 0 spiro atoms. The number of benzene rings is 2. The summed E-state index contributed by atoms with van der Waals surface area (Å²) in [7, 11) is 2.04. The van der Waals surface area contributed by atoms with Crippen molar-refractivity contribution in [3.05, 3.63) is 56.4 Å². The van der Waals surface area contributed by atoms with Crippen LogP contribution in [-0.2, 0) is 9.68 Å². The standard InChI is InChI=1S/C23H27F3IN5O4/c1-31-4-6-32(7-5-31)8-10-36-30-23(34)17-12-15(14-28-35-11-9-33)20(25)21(26)22(17)29-19-3-2-16(27)13-18(19)24/h2-3,12-14,29,33H,4-11H2,1H3,(H,30,34)/b28-14+. The zero-order valence-corrected chi connectivity index (χ0v) is 21.7. The van der Waals surface area contributed by atoms with E-state index in [4.69, 9.17) is 14.8 Å². The van der Waals surface area contributed by atoms with Gasteiger partial charge in [-0.15, -0.1) is 0 Å². The maximum absolute atomic E-state index is 15.1. The van der Waals surface area contributed by atoms with Crippen molar-refractivity contribution in [3.63, 3.8) is 0 Å². The third-order valence-electron chi connectivity index (χ3n) is 5.39. The summed E-state index contributed by atoms with van der Waals surface area (Å²) in [6.45, 7) is 3.87. The van der Waals surface area contributed by atoms with Gasteiger partial charge in [0.05, 0.1) is 36.4 Å². The van der Waals surface area contributed by atoms with Gasteiger partial charge in [0.2, 0.25) is 0 Å². The number of oxime groups is 1. The van der Waals surface area contributed by atoms with Crippen LogP contribution in [0.2, 0.25) is 0 Å². The van der Waals surface area contributed by atoms with Crippen LogP contribution in [0.3, 0.4) is 0 Å². The van der Waals surface area contributed by atoms with Crippen LogP contribution in [0, 0.1) is 21.0 Å². The first-order valence-electron chi connectivity index (χ1n) is 11.1. The molecule has 0 aromatic heterocycles. The number of halogens is 4. The average molecular weight is 621 g/mol. The molecule has 3 rings (SSSR count). The van der Waals surface area contributed by atoms with E-state index < -0.39 is 29.0 Å². The monoisotopic (exact) mass is 621 g/mol. The minimum atomic E-state index is -1.42. The van der Waals surface area contributed by atoms with Gasteiger partial charge in [0, 0.05) is 41.9 Å². The second kappa shape index (κ2) is 13.7. The Hall–Kier alpha value is -2.46. The minimum Gasteiger partial charge on any atom is -0.393 e. The van der Waals surface area contributed by atoms with Crippen molar-refractivity contribution in [2.24, 2.45) is 5.16 Å². The summed E-state index contributed by atoms with van der Waals surface area (Å²) >= 11 is 1.91. The van der Waals surface area contributed by atoms with E-state index in [-0.39, 0.29) is 36.6 Å². The van der Waals surface area contributed by atoms with Gasteiger partial charge in [0.25, 0.3) is 5.91 Å². The molecular weight excluding hydrogens is 594 g/mol. The molecule has 1 aliphatic heterocycles. The van der Waals surface area contributed by atoms with Crippen LogP contribution >= 0.6 is 22.6 Å². The molecule has 0 radical (unpaired) electrons. The number of hydrogen-bond acceptors (Lipinski definition) is 8. The lowest BCUT2D eigenvalue weighted by Gasteiger charge is -2.32. The molecule has 196 valence electrons. The number of amides is 1. The summed E-state index contributed by atoms with van der Waals surface area (Å²) in [5.41, 5.74) is 0.798. The van der Waals surface area contributed by atoms with E-state index >= 15 is 4.39 Å². The highest BCUT2D eigenvalue weighted by Gasteiger charge is 2.24. The van der Waals surface area contributed by atoms with Crippen molar-refractivity contribution < 1.29 is 32.7 Å². The van der Waals surface area contributed by atoms with Crippen molar-refractivity contribution in [1.82, 2.24) is 15.3 Å². The van der Waals surface area contributed by atoms with Gasteiger partial charge in [-0.25, -0.2) is 18.7 Å². The average Bonchev–Trinajstić information content (AvgIpc) is 2.86. The maximum atomic E-state index is 15.1. The van der Waals surface area contributed by atoms with Gasteiger partial charge in [0.1, 0.15) is 12.4 Å². The first-order valence-corrected chi connectivity index (χ1v) is 12.2. The molecule has 1 fully saturated rings. The molecule has 1 aliphatic rings. The molecule has 2 aromatic rings. The fourth-order valence-electron chi connectivity index (χ4n) is 3.37. The topological polar surface area (TPSA) is 98.7 Å². The Bertz CT molecular complexity index is 1080. The molecule has 36 heavy (non-hydrogen) atoms. The second-order valence-electron chi connectivity index (χ2n) is 7.98. The number of hydroxylamine groups is 1. The Kier molecular flexibility index (Phi) is 10.7. The number of carbonyl (C=O) groups is 1.